The third kappa shape index (κ3) is 4.39. The molecule has 0 bridgehead atoms. The van der Waals surface area contributed by atoms with Gasteiger partial charge in [0.2, 0.25) is 11.7 Å². The number of aryl methyl sites for hydroxylation is 2. The Bertz CT molecular complexity index is 885. The summed E-state index contributed by atoms with van der Waals surface area (Å²) in [6.07, 6.45) is -6.33. The van der Waals surface area contributed by atoms with Gasteiger partial charge in [0.1, 0.15) is 11.9 Å². The van der Waals surface area contributed by atoms with E-state index in [1.807, 2.05) is 0 Å². The highest BCUT2D eigenvalue weighted by atomic mass is 32.2. The molecule has 1 fully saturated rings. The molecule has 3 N–H and O–H groups in total. The molecule has 1 saturated heterocycles. The standard InChI is InChI=1S/C16H19NO8S2/c1-8-15(26-9(2)17-8)24-13-11(18)14(23-10-6-4-3-5-7-10)25-16(12(13)19)27(20,21)22/h3-7,11-14,16,18-19H,1-2H3,(H,20,21,22)/t11-,12+,13-,14-,16?/m1/s1. The van der Waals surface area contributed by atoms with Gasteiger partial charge in [0.15, 0.2) is 17.3 Å². The van der Waals surface area contributed by atoms with Crippen LogP contribution in [-0.4, -0.2) is 58.2 Å². The van der Waals surface area contributed by atoms with Crippen molar-refractivity contribution >= 4 is 21.5 Å². The fourth-order valence-electron chi connectivity index (χ4n) is 2.67. The molecular formula is C16H19NO8S2. The van der Waals surface area contributed by atoms with E-state index in [9.17, 15) is 23.2 Å². The highest BCUT2D eigenvalue weighted by Crippen LogP contribution is 2.33. The van der Waals surface area contributed by atoms with Crippen LogP contribution in [0.15, 0.2) is 30.3 Å². The Kier molecular flexibility index (Phi) is 5.70. The van der Waals surface area contributed by atoms with Gasteiger partial charge in [-0.2, -0.15) is 8.42 Å². The van der Waals surface area contributed by atoms with Gasteiger partial charge in [0.25, 0.3) is 10.1 Å². The van der Waals surface area contributed by atoms with E-state index in [0.717, 1.165) is 0 Å². The first-order chi connectivity index (χ1) is 12.7. The molecule has 27 heavy (non-hydrogen) atoms. The largest absolute Gasteiger partial charge is 0.473 e. The second-order valence-corrected chi connectivity index (χ2v) is 8.65. The lowest BCUT2D eigenvalue weighted by Gasteiger charge is -2.40. The maximum absolute atomic E-state index is 11.6. The van der Waals surface area contributed by atoms with Crippen molar-refractivity contribution in [3.63, 3.8) is 0 Å². The Morgan fingerprint density at radius 3 is 2.33 bits per heavy atom. The first-order valence-corrected chi connectivity index (χ1v) is 10.3. The van der Waals surface area contributed by atoms with Crippen LogP contribution in [0.25, 0.3) is 0 Å². The minimum Gasteiger partial charge on any atom is -0.473 e. The molecular weight excluding hydrogens is 398 g/mol. The van der Waals surface area contributed by atoms with E-state index in [4.69, 9.17) is 14.2 Å². The highest BCUT2D eigenvalue weighted by Gasteiger charge is 2.52. The molecule has 11 heteroatoms. The molecule has 0 spiro atoms. The van der Waals surface area contributed by atoms with Crippen LogP contribution >= 0.6 is 11.3 Å². The predicted octanol–water partition coefficient (Wildman–Crippen LogP) is 0.878. The molecule has 2 heterocycles. The molecule has 9 nitrogen and oxygen atoms in total. The van der Waals surface area contributed by atoms with Crippen molar-refractivity contribution < 1.29 is 37.4 Å². The van der Waals surface area contributed by atoms with E-state index in [2.05, 4.69) is 4.98 Å². The lowest BCUT2D eigenvalue weighted by molar-refractivity contribution is -0.248. The molecule has 3 rings (SSSR count). The molecule has 1 aliphatic rings. The van der Waals surface area contributed by atoms with Gasteiger partial charge in [-0.1, -0.05) is 29.5 Å². The number of para-hydroxylation sites is 1. The van der Waals surface area contributed by atoms with E-state index in [0.29, 0.717) is 21.5 Å². The van der Waals surface area contributed by atoms with Gasteiger partial charge < -0.3 is 24.4 Å². The Morgan fingerprint density at radius 2 is 1.78 bits per heavy atom. The maximum Gasteiger partial charge on any atom is 0.295 e. The third-order valence-electron chi connectivity index (χ3n) is 3.89. The van der Waals surface area contributed by atoms with E-state index in [1.54, 1.807) is 44.2 Å². The Balaban J connectivity index is 1.90. The normalized spacial score (nSPS) is 28.7. The van der Waals surface area contributed by atoms with Gasteiger partial charge >= 0.3 is 0 Å². The molecule has 1 aromatic heterocycles. The zero-order chi connectivity index (χ0) is 19.8. The van der Waals surface area contributed by atoms with Crippen molar-refractivity contribution in [2.45, 2.75) is 43.9 Å². The lowest BCUT2D eigenvalue weighted by Crippen LogP contribution is -2.62. The van der Waals surface area contributed by atoms with Gasteiger partial charge in [-0.3, -0.25) is 4.55 Å². The van der Waals surface area contributed by atoms with Crippen LogP contribution in [0, 0.1) is 13.8 Å². The van der Waals surface area contributed by atoms with Gasteiger partial charge in [-0.05, 0) is 26.0 Å². The van der Waals surface area contributed by atoms with Crippen molar-refractivity contribution in [2.75, 3.05) is 0 Å². The highest BCUT2D eigenvalue weighted by molar-refractivity contribution is 7.86. The molecule has 0 amide bonds. The maximum atomic E-state index is 11.6. The summed E-state index contributed by atoms with van der Waals surface area (Å²) in [5.41, 5.74) is -1.53. The molecule has 0 aliphatic carbocycles. The number of nitrogens with zero attached hydrogens (tertiary/aromatic N) is 1. The van der Waals surface area contributed by atoms with E-state index >= 15 is 0 Å². The second-order valence-electron chi connectivity index (χ2n) is 5.99. The van der Waals surface area contributed by atoms with Crippen molar-refractivity contribution in [3.05, 3.63) is 41.0 Å². The lowest BCUT2D eigenvalue weighted by atomic mass is 10.0. The molecule has 0 radical (unpaired) electrons. The first kappa shape index (κ1) is 20.0. The summed E-state index contributed by atoms with van der Waals surface area (Å²) in [4.78, 5) is 4.18. The van der Waals surface area contributed by atoms with Crippen LogP contribution < -0.4 is 9.47 Å². The Morgan fingerprint density at radius 1 is 1.11 bits per heavy atom. The minimum atomic E-state index is -4.81. The van der Waals surface area contributed by atoms with Crippen molar-refractivity contribution in [1.29, 1.82) is 0 Å². The first-order valence-electron chi connectivity index (χ1n) is 7.97. The van der Waals surface area contributed by atoms with Crippen LogP contribution in [-0.2, 0) is 14.9 Å². The fourth-order valence-corrected chi connectivity index (χ4v) is 4.23. The summed E-state index contributed by atoms with van der Waals surface area (Å²) in [6.45, 7) is 3.43. The van der Waals surface area contributed by atoms with Gasteiger partial charge in [-0.15, -0.1) is 0 Å². The number of aliphatic hydroxyl groups excluding tert-OH is 2. The van der Waals surface area contributed by atoms with E-state index in [-0.39, 0.29) is 0 Å². The van der Waals surface area contributed by atoms with Crippen LogP contribution in [0.4, 0.5) is 0 Å². The fraction of sp³-hybridized carbons (Fsp3) is 0.438. The van der Waals surface area contributed by atoms with Crippen molar-refractivity contribution in [2.24, 2.45) is 0 Å². The monoisotopic (exact) mass is 417 g/mol. The van der Waals surface area contributed by atoms with Crippen LogP contribution in [0.3, 0.4) is 0 Å². The molecule has 1 aliphatic heterocycles. The predicted molar refractivity (Wildman–Crippen MR) is 95.3 cm³/mol. The molecule has 1 aromatic carbocycles. The number of thiazole rings is 1. The Labute approximate surface area is 159 Å². The zero-order valence-corrected chi connectivity index (χ0v) is 16.1. The molecule has 1 unspecified atom stereocenters. The number of aromatic nitrogens is 1. The number of aliphatic hydroxyl groups is 2. The number of ether oxygens (including phenoxy) is 3. The average Bonchev–Trinajstić information content (AvgIpc) is 2.91. The quantitative estimate of drug-likeness (QED) is 0.606. The summed E-state index contributed by atoms with van der Waals surface area (Å²) in [7, 11) is -4.81. The molecule has 5 atom stereocenters. The van der Waals surface area contributed by atoms with Crippen molar-refractivity contribution in [3.8, 4) is 10.8 Å². The van der Waals surface area contributed by atoms with Crippen molar-refractivity contribution in [1.82, 2.24) is 4.98 Å². The smallest absolute Gasteiger partial charge is 0.295 e. The molecule has 2 aromatic rings. The molecule has 148 valence electrons. The van der Waals surface area contributed by atoms with E-state index in [1.165, 1.54) is 11.3 Å². The minimum absolute atomic E-state index is 0.301. The second kappa shape index (κ2) is 7.70. The number of benzene rings is 1. The van der Waals surface area contributed by atoms with Crippen LogP contribution in [0.1, 0.15) is 10.7 Å². The summed E-state index contributed by atoms with van der Waals surface area (Å²) in [6, 6.07) is 8.26. The van der Waals surface area contributed by atoms with Gasteiger partial charge in [-0.25, -0.2) is 4.98 Å². The zero-order valence-electron chi connectivity index (χ0n) is 14.4. The van der Waals surface area contributed by atoms with Gasteiger partial charge in [0.05, 0.1) is 10.7 Å². The van der Waals surface area contributed by atoms with Crippen LogP contribution in [0.2, 0.25) is 0 Å². The number of rotatable bonds is 5. The average molecular weight is 417 g/mol. The van der Waals surface area contributed by atoms with Gasteiger partial charge in [0, 0.05) is 0 Å². The topological polar surface area (TPSA) is 135 Å². The summed E-state index contributed by atoms with van der Waals surface area (Å²) < 4.78 is 49.0. The summed E-state index contributed by atoms with van der Waals surface area (Å²) in [5, 5.41) is 21.9. The number of hydrogen-bond donors (Lipinski definition) is 3. The Hall–Kier alpha value is -1.76. The SMILES string of the molecule is Cc1nc(C)c(O[C@@H]2[C@@H](O)[C@H](Oc3ccccc3)OC(S(=O)(=O)O)[C@H]2O)s1. The summed E-state index contributed by atoms with van der Waals surface area (Å²) >= 11 is 1.18. The van der Waals surface area contributed by atoms with Crippen LogP contribution in [0.5, 0.6) is 10.8 Å². The molecule has 0 saturated carbocycles. The third-order valence-corrected chi connectivity index (χ3v) is 5.83. The number of hydrogen-bond acceptors (Lipinski definition) is 9. The van der Waals surface area contributed by atoms with E-state index < -0.39 is 40.2 Å². The summed E-state index contributed by atoms with van der Waals surface area (Å²) in [5.74, 6) is 0.301.